The zero-order valence-corrected chi connectivity index (χ0v) is 19.4. The molecule has 0 bridgehead atoms. The summed E-state index contributed by atoms with van der Waals surface area (Å²) in [6, 6.07) is 2.88. The Morgan fingerprint density at radius 3 is 2.63 bits per heavy atom. The Labute approximate surface area is 182 Å². The van der Waals surface area contributed by atoms with Crippen molar-refractivity contribution in [2.24, 2.45) is 5.92 Å². The molecular weight excluding hydrogens is 426 g/mol. The van der Waals surface area contributed by atoms with Gasteiger partial charge in [0.1, 0.15) is 10.8 Å². The van der Waals surface area contributed by atoms with E-state index in [-0.39, 0.29) is 22.0 Å². The van der Waals surface area contributed by atoms with Crippen LogP contribution >= 0.6 is 11.6 Å². The molecule has 2 N–H and O–H groups in total. The zero-order valence-electron chi connectivity index (χ0n) is 17.9. The third-order valence-electron chi connectivity index (χ3n) is 4.82. The van der Waals surface area contributed by atoms with Crippen molar-refractivity contribution < 1.29 is 17.9 Å². The molecule has 3 rings (SSSR count). The standard InChI is InChI=1S/C21H28ClN3O4S/c1-12(2)10-24-30(27,28)18-8-14-13(16-11-23-19(22)9-15(16)18)6-7-17(14)25-20(26)29-21(3,4)5/h8-9,11-12,17,24H,6-7,10H2,1-5H3,(H,25,26). The van der Waals surface area contributed by atoms with Crippen molar-refractivity contribution in [1.29, 1.82) is 0 Å². The fourth-order valence-electron chi connectivity index (χ4n) is 3.55. The van der Waals surface area contributed by atoms with Gasteiger partial charge < -0.3 is 10.1 Å². The second-order valence-electron chi connectivity index (χ2n) is 8.98. The molecule has 1 aliphatic carbocycles. The summed E-state index contributed by atoms with van der Waals surface area (Å²) in [6.07, 6.45) is 2.41. The van der Waals surface area contributed by atoms with Crippen LogP contribution in [0.25, 0.3) is 10.8 Å². The van der Waals surface area contributed by atoms with Crippen molar-refractivity contribution in [3.8, 4) is 0 Å². The van der Waals surface area contributed by atoms with Gasteiger partial charge in [-0.3, -0.25) is 0 Å². The highest BCUT2D eigenvalue weighted by atomic mass is 35.5. The van der Waals surface area contributed by atoms with Crippen molar-refractivity contribution >= 4 is 38.5 Å². The third kappa shape index (κ3) is 5.04. The van der Waals surface area contributed by atoms with E-state index in [0.717, 1.165) is 16.5 Å². The van der Waals surface area contributed by atoms with Crippen LogP contribution in [0.3, 0.4) is 0 Å². The lowest BCUT2D eigenvalue weighted by Crippen LogP contribution is -2.34. The molecular formula is C21H28ClN3O4S. The number of nitrogens with zero attached hydrogens (tertiary/aromatic N) is 1. The molecule has 0 aliphatic heterocycles. The summed E-state index contributed by atoms with van der Waals surface area (Å²) in [7, 11) is -3.78. The predicted octanol–water partition coefficient (Wildman–Crippen LogP) is 4.33. The molecule has 7 nitrogen and oxygen atoms in total. The molecule has 164 valence electrons. The third-order valence-corrected chi connectivity index (χ3v) is 6.49. The van der Waals surface area contributed by atoms with Crippen molar-refractivity contribution in [2.75, 3.05) is 6.54 Å². The normalized spacial score (nSPS) is 16.7. The molecule has 1 heterocycles. The Bertz CT molecular complexity index is 1080. The summed E-state index contributed by atoms with van der Waals surface area (Å²) in [5.41, 5.74) is 1.12. The van der Waals surface area contributed by atoms with Crippen LogP contribution in [0.5, 0.6) is 0 Å². The largest absolute Gasteiger partial charge is 0.444 e. The van der Waals surface area contributed by atoms with Crippen molar-refractivity contribution in [3.05, 3.63) is 34.6 Å². The molecule has 1 atom stereocenters. The van der Waals surface area contributed by atoms with E-state index in [9.17, 15) is 13.2 Å². The fraction of sp³-hybridized carbons (Fsp3) is 0.524. The lowest BCUT2D eigenvalue weighted by atomic mass is 10.0. The van der Waals surface area contributed by atoms with Gasteiger partial charge in [-0.25, -0.2) is 22.9 Å². The van der Waals surface area contributed by atoms with Crippen molar-refractivity contribution in [3.63, 3.8) is 0 Å². The van der Waals surface area contributed by atoms with Gasteiger partial charge in [0.25, 0.3) is 0 Å². The van der Waals surface area contributed by atoms with Gasteiger partial charge in [-0.1, -0.05) is 25.4 Å². The van der Waals surface area contributed by atoms with E-state index in [4.69, 9.17) is 16.3 Å². The molecule has 30 heavy (non-hydrogen) atoms. The number of pyridine rings is 1. The van der Waals surface area contributed by atoms with Crippen molar-refractivity contribution in [1.82, 2.24) is 15.0 Å². The van der Waals surface area contributed by atoms with E-state index in [2.05, 4.69) is 15.0 Å². The summed E-state index contributed by atoms with van der Waals surface area (Å²) in [4.78, 5) is 16.6. The number of carbonyl (C=O) groups is 1. The van der Waals surface area contributed by atoms with E-state index in [1.54, 1.807) is 39.1 Å². The number of rotatable bonds is 5. The number of amides is 1. The second kappa shape index (κ2) is 8.32. The fourth-order valence-corrected chi connectivity index (χ4v) is 5.15. The Morgan fingerprint density at radius 1 is 1.30 bits per heavy atom. The minimum atomic E-state index is -3.78. The van der Waals surface area contributed by atoms with E-state index < -0.39 is 21.7 Å². The van der Waals surface area contributed by atoms with Gasteiger partial charge in [0.2, 0.25) is 10.0 Å². The first-order valence-corrected chi connectivity index (χ1v) is 11.8. The number of nitrogens with one attached hydrogen (secondary N) is 2. The number of benzene rings is 1. The van der Waals surface area contributed by atoms with Crippen LogP contribution in [-0.4, -0.2) is 31.6 Å². The summed E-state index contributed by atoms with van der Waals surface area (Å²) in [5.74, 6) is 0.160. The molecule has 1 aromatic heterocycles. The monoisotopic (exact) mass is 453 g/mol. The van der Waals surface area contributed by atoms with Gasteiger partial charge in [0.05, 0.1) is 10.9 Å². The smallest absolute Gasteiger partial charge is 0.408 e. The maximum absolute atomic E-state index is 13.1. The van der Waals surface area contributed by atoms with Gasteiger partial charge in [0.15, 0.2) is 0 Å². The minimum Gasteiger partial charge on any atom is -0.444 e. The molecule has 0 radical (unpaired) electrons. The number of carbonyl (C=O) groups excluding carboxylic acids is 1. The number of sulfonamides is 1. The highest BCUT2D eigenvalue weighted by Gasteiger charge is 2.31. The summed E-state index contributed by atoms with van der Waals surface area (Å²) < 4.78 is 34.2. The van der Waals surface area contributed by atoms with Crippen LogP contribution in [0.1, 0.15) is 58.2 Å². The molecule has 0 spiro atoms. The summed E-state index contributed by atoms with van der Waals surface area (Å²) in [5, 5.41) is 4.36. The first-order chi connectivity index (χ1) is 13.9. The van der Waals surface area contributed by atoms with E-state index >= 15 is 0 Å². The van der Waals surface area contributed by atoms with Gasteiger partial charge in [-0.05, 0) is 62.8 Å². The van der Waals surface area contributed by atoms with Crippen LogP contribution < -0.4 is 10.0 Å². The topological polar surface area (TPSA) is 97.4 Å². The zero-order chi connectivity index (χ0) is 22.3. The summed E-state index contributed by atoms with van der Waals surface area (Å²) >= 11 is 6.08. The number of alkyl carbamates (subject to hydrolysis) is 1. The number of fused-ring (bicyclic) bond motifs is 3. The minimum absolute atomic E-state index is 0.138. The number of halogens is 1. The van der Waals surface area contributed by atoms with Gasteiger partial charge in [0, 0.05) is 23.5 Å². The number of aromatic nitrogens is 1. The van der Waals surface area contributed by atoms with Gasteiger partial charge >= 0.3 is 6.09 Å². The number of aryl methyl sites for hydroxylation is 1. The predicted molar refractivity (Wildman–Crippen MR) is 117 cm³/mol. The maximum atomic E-state index is 13.1. The molecule has 2 aromatic rings. The van der Waals surface area contributed by atoms with Crippen LogP contribution in [0.15, 0.2) is 23.2 Å². The molecule has 1 aromatic carbocycles. The number of ether oxygens (including phenoxy) is 1. The first kappa shape index (κ1) is 22.8. The van der Waals surface area contributed by atoms with Crippen molar-refractivity contribution in [2.45, 2.75) is 64.0 Å². The molecule has 0 fully saturated rings. The Hall–Kier alpha value is -1.90. The first-order valence-electron chi connectivity index (χ1n) is 9.97. The average Bonchev–Trinajstić information content (AvgIpc) is 3.00. The molecule has 9 heteroatoms. The van der Waals surface area contributed by atoms with Crippen LogP contribution in [0.2, 0.25) is 5.15 Å². The van der Waals surface area contributed by atoms with Gasteiger partial charge in [-0.2, -0.15) is 0 Å². The van der Waals surface area contributed by atoms with E-state index in [1.165, 1.54) is 0 Å². The molecule has 1 aliphatic rings. The summed E-state index contributed by atoms with van der Waals surface area (Å²) in [6.45, 7) is 9.57. The Balaban J connectivity index is 2.07. The maximum Gasteiger partial charge on any atom is 0.408 e. The molecule has 1 unspecified atom stereocenters. The molecule has 0 saturated heterocycles. The molecule has 1 amide bonds. The quantitative estimate of drug-likeness (QED) is 0.656. The Morgan fingerprint density at radius 2 is 2.00 bits per heavy atom. The SMILES string of the molecule is CC(C)CNS(=O)(=O)c1cc2c(c3cnc(Cl)cc13)CCC2NC(=O)OC(C)(C)C. The van der Waals surface area contributed by atoms with Crippen LogP contribution in [0.4, 0.5) is 4.79 Å². The molecule has 0 saturated carbocycles. The lowest BCUT2D eigenvalue weighted by molar-refractivity contribution is 0.0503. The van der Waals surface area contributed by atoms with Crippen LogP contribution in [-0.2, 0) is 21.2 Å². The second-order valence-corrected chi connectivity index (χ2v) is 11.1. The number of hydrogen-bond donors (Lipinski definition) is 2. The van der Waals surface area contributed by atoms with Gasteiger partial charge in [-0.15, -0.1) is 0 Å². The average molecular weight is 454 g/mol. The Kier molecular flexibility index (Phi) is 6.32. The van der Waals surface area contributed by atoms with Crippen LogP contribution in [0, 0.1) is 5.92 Å². The highest BCUT2D eigenvalue weighted by Crippen LogP contribution is 2.39. The highest BCUT2D eigenvalue weighted by molar-refractivity contribution is 7.89. The number of hydrogen-bond acceptors (Lipinski definition) is 5. The lowest BCUT2D eigenvalue weighted by Gasteiger charge is -2.22. The van der Waals surface area contributed by atoms with E-state index in [1.807, 2.05) is 13.8 Å². The van der Waals surface area contributed by atoms with E-state index in [0.29, 0.717) is 24.8 Å².